The molecule has 1 aromatic heterocycles. The van der Waals surface area contributed by atoms with E-state index >= 15 is 0 Å². The molecule has 1 heterocycles. The van der Waals surface area contributed by atoms with Gasteiger partial charge in [-0.3, -0.25) is 0 Å². The number of alkyl halides is 3. The van der Waals surface area contributed by atoms with Gasteiger partial charge in [-0.1, -0.05) is 52.2 Å². The summed E-state index contributed by atoms with van der Waals surface area (Å²) in [5, 5.41) is 0. The van der Waals surface area contributed by atoms with E-state index in [1.807, 2.05) is 12.1 Å². The summed E-state index contributed by atoms with van der Waals surface area (Å²) in [6.45, 7) is 6.62. The topological polar surface area (TPSA) is 38.2 Å². The van der Waals surface area contributed by atoms with Gasteiger partial charge in [0.1, 0.15) is 5.56 Å². The standard InChI is InChI=1S/C21H28F3N3O/c1-5-6-7-8-13-28-20-25-14-18(21(22,23)24)19(26-20)27(4)17-11-9-16(10-12-17)15(2)3/h9-12,14-15H,5-8,13H2,1-4H3. The third-order valence-electron chi connectivity index (χ3n) is 4.55. The van der Waals surface area contributed by atoms with Crippen LogP contribution in [-0.4, -0.2) is 23.6 Å². The highest BCUT2D eigenvalue weighted by Crippen LogP contribution is 2.37. The molecule has 28 heavy (non-hydrogen) atoms. The molecule has 0 saturated carbocycles. The summed E-state index contributed by atoms with van der Waals surface area (Å²) in [7, 11) is 1.56. The van der Waals surface area contributed by atoms with Gasteiger partial charge in [0.05, 0.1) is 6.61 Å². The summed E-state index contributed by atoms with van der Waals surface area (Å²) in [5.41, 5.74) is 0.843. The Morgan fingerprint density at radius 2 is 1.75 bits per heavy atom. The fourth-order valence-electron chi connectivity index (χ4n) is 2.78. The van der Waals surface area contributed by atoms with Gasteiger partial charge in [-0.05, 0) is 30.0 Å². The molecule has 0 atom stereocenters. The van der Waals surface area contributed by atoms with Crippen LogP contribution in [0.15, 0.2) is 30.5 Å². The van der Waals surface area contributed by atoms with E-state index in [0.29, 0.717) is 18.2 Å². The molecule has 0 bridgehead atoms. The number of anilines is 2. The number of halogens is 3. The number of unbranched alkanes of at least 4 members (excludes halogenated alkanes) is 3. The Morgan fingerprint density at radius 1 is 1.07 bits per heavy atom. The fourth-order valence-corrected chi connectivity index (χ4v) is 2.78. The van der Waals surface area contributed by atoms with Crippen molar-refractivity contribution in [2.75, 3.05) is 18.6 Å². The molecule has 0 aliphatic rings. The second-order valence-corrected chi connectivity index (χ2v) is 7.10. The van der Waals surface area contributed by atoms with Crippen LogP contribution in [0.2, 0.25) is 0 Å². The summed E-state index contributed by atoms with van der Waals surface area (Å²) >= 11 is 0. The van der Waals surface area contributed by atoms with Crippen LogP contribution >= 0.6 is 0 Å². The van der Waals surface area contributed by atoms with Gasteiger partial charge in [0.15, 0.2) is 5.82 Å². The van der Waals surface area contributed by atoms with Crippen LogP contribution in [-0.2, 0) is 6.18 Å². The van der Waals surface area contributed by atoms with Gasteiger partial charge < -0.3 is 9.64 Å². The zero-order chi connectivity index (χ0) is 20.7. The SMILES string of the molecule is CCCCCCOc1ncc(C(F)(F)F)c(N(C)c2ccc(C(C)C)cc2)n1. The first-order valence-electron chi connectivity index (χ1n) is 9.64. The number of benzene rings is 1. The van der Waals surface area contributed by atoms with Gasteiger partial charge in [0.25, 0.3) is 0 Å². The minimum absolute atomic E-state index is 0.0369. The van der Waals surface area contributed by atoms with Gasteiger partial charge in [0, 0.05) is 18.9 Å². The number of aromatic nitrogens is 2. The predicted molar refractivity (Wildman–Crippen MR) is 105 cm³/mol. The average molecular weight is 395 g/mol. The van der Waals surface area contributed by atoms with Crippen LogP contribution in [0, 0.1) is 0 Å². The zero-order valence-electron chi connectivity index (χ0n) is 16.9. The molecule has 2 aromatic rings. The molecule has 0 radical (unpaired) electrons. The summed E-state index contributed by atoms with van der Waals surface area (Å²) in [6.07, 6.45) is 0.259. The van der Waals surface area contributed by atoms with Gasteiger partial charge in [-0.25, -0.2) is 4.98 Å². The van der Waals surface area contributed by atoms with Crippen molar-refractivity contribution in [3.05, 3.63) is 41.6 Å². The third-order valence-corrected chi connectivity index (χ3v) is 4.55. The van der Waals surface area contributed by atoms with Crippen molar-refractivity contribution in [1.29, 1.82) is 0 Å². The predicted octanol–water partition coefficient (Wildman–Crippen LogP) is 6.35. The summed E-state index contributed by atoms with van der Waals surface area (Å²) in [5.74, 6) is 0.125. The molecule has 0 aliphatic carbocycles. The number of hydrogen-bond donors (Lipinski definition) is 0. The second kappa shape index (κ2) is 9.75. The minimum Gasteiger partial charge on any atom is -0.463 e. The molecule has 1 aromatic carbocycles. The number of ether oxygens (including phenoxy) is 1. The highest BCUT2D eigenvalue weighted by atomic mass is 19.4. The first kappa shape index (κ1) is 22.0. The Bertz CT molecular complexity index is 746. The molecule has 7 heteroatoms. The molecule has 154 valence electrons. The molecule has 2 rings (SSSR count). The van der Waals surface area contributed by atoms with Crippen molar-refractivity contribution >= 4 is 11.5 Å². The number of hydrogen-bond acceptors (Lipinski definition) is 4. The van der Waals surface area contributed by atoms with Gasteiger partial charge >= 0.3 is 12.2 Å². The smallest absolute Gasteiger partial charge is 0.421 e. The van der Waals surface area contributed by atoms with Crippen molar-refractivity contribution in [2.24, 2.45) is 0 Å². The Hall–Kier alpha value is -2.31. The normalized spacial score (nSPS) is 11.7. The maximum absolute atomic E-state index is 13.5. The maximum atomic E-state index is 13.5. The molecule has 0 spiro atoms. The molecule has 0 fully saturated rings. The first-order chi connectivity index (χ1) is 13.2. The minimum atomic E-state index is -4.55. The lowest BCUT2D eigenvalue weighted by molar-refractivity contribution is -0.137. The zero-order valence-corrected chi connectivity index (χ0v) is 16.9. The Labute approximate surface area is 164 Å². The van der Waals surface area contributed by atoms with Gasteiger partial charge in [-0.2, -0.15) is 18.2 Å². The Balaban J connectivity index is 2.26. The van der Waals surface area contributed by atoms with E-state index in [2.05, 4.69) is 30.7 Å². The van der Waals surface area contributed by atoms with Crippen LogP contribution in [0.5, 0.6) is 6.01 Å². The van der Waals surface area contributed by atoms with E-state index in [9.17, 15) is 13.2 Å². The largest absolute Gasteiger partial charge is 0.463 e. The van der Waals surface area contributed by atoms with E-state index in [0.717, 1.165) is 37.4 Å². The van der Waals surface area contributed by atoms with Crippen molar-refractivity contribution in [1.82, 2.24) is 9.97 Å². The maximum Gasteiger partial charge on any atom is 0.421 e. The van der Waals surface area contributed by atoms with Crippen LogP contribution in [0.4, 0.5) is 24.7 Å². The molecule has 0 aliphatic heterocycles. The molecule has 0 unspecified atom stereocenters. The molecular formula is C21H28F3N3O. The van der Waals surface area contributed by atoms with E-state index in [1.165, 1.54) is 4.90 Å². The van der Waals surface area contributed by atoms with E-state index < -0.39 is 11.7 Å². The summed E-state index contributed by atoms with van der Waals surface area (Å²) in [6, 6.07) is 7.38. The fraction of sp³-hybridized carbons (Fsp3) is 0.524. The molecule has 0 amide bonds. The molecule has 4 nitrogen and oxygen atoms in total. The number of rotatable bonds is 9. The molecular weight excluding hydrogens is 367 g/mol. The van der Waals surface area contributed by atoms with Gasteiger partial charge in [-0.15, -0.1) is 0 Å². The van der Waals surface area contributed by atoms with E-state index in [1.54, 1.807) is 19.2 Å². The second-order valence-electron chi connectivity index (χ2n) is 7.10. The lowest BCUT2D eigenvalue weighted by Crippen LogP contribution is -2.19. The summed E-state index contributed by atoms with van der Waals surface area (Å²) < 4.78 is 45.9. The highest BCUT2D eigenvalue weighted by molar-refractivity contribution is 5.63. The van der Waals surface area contributed by atoms with E-state index in [-0.39, 0.29) is 11.8 Å². The van der Waals surface area contributed by atoms with Gasteiger partial charge in [0.2, 0.25) is 0 Å². The lowest BCUT2D eigenvalue weighted by Gasteiger charge is -2.23. The van der Waals surface area contributed by atoms with Crippen LogP contribution in [0.25, 0.3) is 0 Å². The Morgan fingerprint density at radius 3 is 2.32 bits per heavy atom. The number of nitrogens with zero attached hydrogens (tertiary/aromatic N) is 3. The first-order valence-corrected chi connectivity index (χ1v) is 9.64. The van der Waals surface area contributed by atoms with E-state index in [4.69, 9.17) is 4.74 Å². The average Bonchev–Trinajstić information content (AvgIpc) is 2.66. The van der Waals surface area contributed by atoms with Crippen molar-refractivity contribution < 1.29 is 17.9 Å². The van der Waals surface area contributed by atoms with Crippen molar-refractivity contribution in [3.8, 4) is 6.01 Å². The van der Waals surface area contributed by atoms with Crippen LogP contribution in [0.1, 0.15) is 63.5 Å². The van der Waals surface area contributed by atoms with Crippen molar-refractivity contribution in [3.63, 3.8) is 0 Å². The molecule has 0 saturated heterocycles. The third kappa shape index (κ3) is 5.84. The Kier molecular flexibility index (Phi) is 7.66. The quantitative estimate of drug-likeness (QED) is 0.464. The highest BCUT2D eigenvalue weighted by Gasteiger charge is 2.36. The van der Waals surface area contributed by atoms with Crippen molar-refractivity contribution in [2.45, 2.75) is 58.5 Å². The summed E-state index contributed by atoms with van der Waals surface area (Å²) in [4.78, 5) is 9.24. The molecule has 0 N–H and O–H groups in total. The van der Waals surface area contributed by atoms with Crippen LogP contribution < -0.4 is 9.64 Å². The van der Waals surface area contributed by atoms with Crippen LogP contribution in [0.3, 0.4) is 0 Å². The lowest BCUT2D eigenvalue weighted by atomic mass is 10.0. The monoisotopic (exact) mass is 395 g/mol.